The highest BCUT2D eigenvalue weighted by Gasteiger charge is 2.25. The number of hydrogen-bond acceptors (Lipinski definition) is 3. The van der Waals surface area contributed by atoms with Crippen molar-refractivity contribution in [3.63, 3.8) is 0 Å². The Morgan fingerprint density at radius 2 is 1.57 bits per heavy atom. The molecule has 2 N–H and O–H groups in total. The molecule has 3 aromatic rings. The monoisotopic (exact) mass is 622 g/mol. The SMILES string of the molecule is O=C(O)CCCC/C=C(\CCc1ccccc1OCC1CCC(CCc2ccccc2)CC1)C1CCCc2cc(C(=O)O)ccc21. The Morgan fingerprint density at radius 3 is 2.35 bits per heavy atom. The third-order valence-electron chi connectivity index (χ3n) is 10.2. The third kappa shape index (κ3) is 9.82. The fraction of sp³-hybridized carbons (Fsp3) is 0.463. The minimum atomic E-state index is -0.883. The number of rotatable bonds is 16. The number of ether oxygens (including phenoxy) is 1. The van der Waals surface area contributed by atoms with Gasteiger partial charge in [-0.1, -0.05) is 79.1 Å². The molecule has 1 fully saturated rings. The number of hydrogen-bond donors (Lipinski definition) is 2. The van der Waals surface area contributed by atoms with Crippen molar-refractivity contribution in [2.45, 2.75) is 102 Å². The lowest BCUT2D eigenvalue weighted by Gasteiger charge is -2.29. The summed E-state index contributed by atoms with van der Waals surface area (Å²) in [5.41, 5.74) is 6.80. The van der Waals surface area contributed by atoms with Crippen molar-refractivity contribution in [1.82, 2.24) is 0 Å². The maximum atomic E-state index is 11.6. The van der Waals surface area contributed by atoms with Crippen LogP contribution in [0.3, 0.4) is 0 Å². The number of aromatic carboxylic acids is 1. The first-order chi connectivity index (χ1) is 22.5. The summed E-state index contributed by atoms with van der Waals surface area (Å²) in [6.45, 7) is 0.774. The van der Waals surface area contributed by atoms with Crippen LogP contribution >= 0.6 is 0 Å². The Bertz CT molecular complexity index is 1450. The first-order valence-electron chi connectivity index (χ1n) is 17.5. The number of carbonyl (C=O) groups is 2. The number of allylic oxidation sites excluding steroid dienone is 2. The van der Waals surface area contributed by atoms with Crippen LogP contribution in [0.25, 0.3) is 0 Å². The molecule has 5 rings (SSSR count). The maximum Gasteiger partial charge on any atom is 0.335 e. The summed E-state index contributed by atoms with van der Waals surface area (Å²) in [4.78, 5) is 22.6. The predicted octanol–water partition coefficient (Wildman–Crippen LogP) is 9.83. The second-order valence-corrected chi connectivity index (χ2v) is 13.4. The van der Waals surface area contributed by atoms with E-state index < -0.39 is 11.9 Å². The molecule has 3 aromatic carbocycles. The van der Waals surface area contributed by atoms with Crippen LogP contribution in [0.4, 0.5) is 0 Å². The van der Waals surface area contributed by atoms with Crippen molar-refractivity contribution in [2.75, 3.05) is 6.61 Å². The van der Waals surface area contributed by atoms with E-state index >= 15 is 0 Å². The molecule has 1 saturated carbocycles. The Kier molecular flexibility index (Phi) is 12.5. The molecule has 2 aliphatic rings. The number of benzene rings is 3. The van der Waals surface area contributed by atoms with Crippen LogP contribution in [0.15, 0.2) is 84.4 Å². The average Bonchev–Trinajstić information content (AvgIpc) is 3.08. The van der Waals surface area contributed by atoms with Gasteiger partial charge in [0.2, 0.25) is 0 Å². The Morgan fingerprint density at radius 1 is 0.804 bits per heavy atom. The molecule has 244 valence electrons. The standard InChI is InChI=1S/C41H50O5/c42-40(43)17-6-2-5-12-33(37-15-9-14-35-28-36(41(44)45)26-27-38(35)37)24-25-34-13-7-8-16-39(34)46-29-32-22-20-31(21-23-32)19-18-30-10-3-1-4-11-30/h1,3-4,7-8,10-13,16,26-28,31-32,37H,2,5-6,9,14-15,17-25,29H2,(H,42,43)(H,44,45)/b33-12+. The second-order valence-electron chi connectivity index (χ2n) is 13.4. The van der Waals surface area contributed by atoms with E-state index in [0.29, 0.717) is 17.9 Å². The van der Waals surface area contributed by atoms with E-state index in [4.69, 9.17) is 9.84 Å². The summed E-state index contributed by atoms with van der Waals surface area (Å²) >= 11 is 0. The lowest BCUT2D eigenvalue weighted by Crippen LogP contribution is -2.20. The van der Waals surface area contributed by atoms with E-state index in [1.165, 1.54) is 60.8 Å². The van der Waals surface area contributed by atoms with Crippen molar-refractivity contribution in [2.24, 2.45) is 11.8 Å². The number of aryl methyl sites for hydroxylation is 3. The maximum absolute atomic E-state index is 11.6. The average molecular weight is 623 g/mol. The smallest absolute Gasteiger partial charge is 0.335 e. The number of para-hydroxylation sites is 1. The summed E-state index contributed by atoms with van der Waals surface area (Å²) in [6, 6.07) is 24.9. The summed E-state index contributed by atoms with van der Waals surface area (Å²) in [6.07, 6.45) is 17.2. The highest BCUT2D eigenvalue weighted by molar-refractivity contribution is 5.88. The van der Waals surface area contributed by atoms with Gasteiger partial charge in [0.25, 0.3) is 0 Å². The zero-order valence-electron chi connectivity index (χ0n) is 27.2. The van der Waals surface area contributed by atoms with E-state index in [0.717, 1.165) is 68.8 Å². The van der Waals surface area contributed by atoms with Crippen molar-refractivity contribution >= 4 is 11.9 Å². The number of aliphatic carboxylic acids is 1. The van der Waals surface area contributed by atoms with Gasteiger partial charge in [0.05, 0.1) is 12.2 Å². The molecule has 0 aliphatic heterocycles. The van der Waals surface area contributed by atoms with E-state index in [1.807, 2.05) is 12.1 Å². The Hall–Kier alpha value is -3.86. The van der Waals surface area contributed by atoms with Crippen molar-refractivity contribution in [3.8, 4) is 5.75 Å². The van der Waals surface area contributed by atoms with E-state index in [9.17, 15) is 14.7 Å². The van der Waals surface area contributed by atoms with Crippen LogP contribution in [0.1, 0.15) is 116 Å². The fourth-order valence-corrected chi connectivity index (χ4v) is 7.50. The Labute approximate surface area is 274 Å². The molecule has 46 heavy (non-hydrogen) atoms. The van der Waals surface area contributed by atoms with Gasteiger partial charge in [-0.15, -0.1) is 0 Å². The van der Waals surface area contributed by atoms with Crippen LogP contribution < -0.4 is 4.74 Å². The predicted molar refractivity (Wildman–Crippen MR) is 184 cm³/mol. The lowest BCUT2D eigenvalue weighted by molar-refractivity contribution is -0.137. The highest BCUT2D eigenvalue weighted by atomic mass is 16.5. The molecule has 1 atom stereocenters. The summed E-state index contributed by atoms with van der Waals surface area (Å²) < 4.78 is 6.52. The van der Waals surface area contributed by atoms with Gasteiger partial charge in [0.15, 0.2) is 0 Å². The van der Waals surface area contributed by atoms with Gasteiger partial charge in [-0.25, -0.2) is 4.79 Å². The molecule has 5 heteroatoms. The molecule has 5 nitrogen and oxygen atoms in total. The van der Waals surface area contributed by atoms with Gasteiger partial charge < -0.3 is 14.9 Å². The van der Waals surface area contributed by atoms with Crippen LogP contribution in [0.2, 0.25) is 0 Å². The van der Waals surface area contributed by atoms with Gasteiger partial charge in [-0.3, -0.25) is 4.79 Å². The third-order valence-corrected chi connectivity index (χ3v) is 10.2. The quantitative estimate of drug-likeness (QED) is 0.123. The van der Waals surface area contributed by atoms with E-state index in [-0.39, 0.29) is 12.3 Å². The summed E-state index contributed by atoms with van der Waals surface area (Å²) in [5.74, 6) is 1.05. The Balaban J connectivity index is 1.19. The molecular formula is C41H50O5. The molecule has 1 unspecified atom stereocenters. The van der Waals surface area contributed by atoms with Gasteiger partial charge in [0.1, 0.15) is 5.75 Å². The first-order valence-corrected chi connectivity index (χ1v) is 17.5. The van der Waals surface area contributed by atoms with Gasteiger partial charge >= 0.3 is 11.9 Å². The summed E-state index contributed by atoms with van der Waals surface area (Å²) in [7, 11) is 0. The van der Waals surface area contributed by atoms with E-state index in [1.54, 1.807) is 6.07 Å². The molecule has 0 aromatic heterocycles. The number of carboxylic acid groups (broad SMARTS) is 2. The van der Waals surface area contributed by atoms with E-state index in [2.05, 4.69) is 60.7 Å². The van der Waals surface area contributed by atoms with Crippen LogP contribution in [0, 0.1) is 11.8 Å². The van der Waals surface area contributed by atoms with Gasteiger partial charge in [-0.05, 0) is 129 Å². The van der Waals surface area contributed by atoms with Gasteiger partial charge in [0, 0.05) is 12.3 Å². The molecular weight excluding hydrogens is 572 g/mol. The number of fused-ring (bicyclic) bond motifs is 1. The molecule has 0 spiro atoms. The summed E-state index contributed by atoms with van der Waals surface area (Å²) in [5, 5.41) is 18.6. The topological polar surface area (TPSA) is 83.8 Å². The van der Waals surface area contributed by atoms with Crippen molar-refractivity contribution < 1.29 is 24.5 Å². The van der Waals surface area contributed by atoms with Crippen LogP contribution in [0.5, 0.6) is 5.75 Å². The fourth-order valence-electron chi connectivity index (χ4n) is 7.50. The van der Waals surface area contributed by atoms with Crippen LogP contribution in [-0.4, -0.2) is 28.8 Å². The molecule has 0 saturated heterocycles. The van der Waals surface area contributed by atoms with Crippen molar-refractivity contribution in [3.05, 3.63) is 112 Å². The minimum absolute atomic E-state index is 0.202. The normalized spacial score (nSPS) is 19.7. The molecule has 0 radical (unpaired) electrons. The lowest BCUT2D eigenvalue weighted by atomic mass is 9.76. The zero-order valence-corrected chi connectivity index (χ0v) is 27.2. The molecule has 2 aliphatic carbocycles. The number of carboxylic acids is 2. The second kappa shape index (κ2) is 17.2. The highest BCUT2D eigenvalue weighted by Crippen LogP contribution is 2.40. The first kappa shape index (κ1) is 33.5. The molecule has 0 heterocycles. The minimum Gasteiger partial charge on any atom is -0.493 e. The molecule has 0 bridgehead atoms. The van der Waals surface area contributed by atoms with Crippen LogP contribution in [-0.2, 0) is 24.1 Å². The molecule has 0 amide bonds. The van der Waals surface area contributed by atoms with Gasteiger partial charge in [-0.2, -0.15) is 0 Å². The zero-order chi connectivity index (χ0) is 32.1. The largest absolute Gasteiger partial charge is 0.493 e. The van der Waals surface area contributed by atoms with Crippen molar-refractivity contribution in [1.29, 1.82) is 0 Å². The number of unbranched alkanes of at least 4 members (excludes halogenated alkanes) is 2.